The van der Waals surface area contributed by atoms with Gasteiger partial charge >= 0.3 is 0 Å². The molecule has 0 saturated heterocycles. The Morgan fingerprint density at radius 3 is 2.40 bits per heavy atom. The van der Waals surface area contributed by atoms with Crippen molar-refractivity contribution in [2.24, 2.45) is 0 Å². The molecule has 0 radical (unpaired) electrons. The second kappa shape index (κ2) is 2.88. The lowest BCUT2D eigenvalue weighted by molar-refractivity contribution is 0.0878. The van der Waals surface area contributed by atoms with Gasteiger partial charge in [0.1, 0.15) is 4.90 Å². The van der Waals surface area contributed by atoms with E-state index in [9.17, 15) is 18.0 Å². The highest BCUT2D eigenvalue weighted by Gasteiger charge is 2.32. The molecule has 1 aliphatic heterocycles. The van der Waals surface area contributed by atoms with E-state index >= 15 is 0 Å². The lowest BCUT2D eigenvalue weighted by Gasteiger charge is -2.00. The van der Waals surface area contributed by atoms with Gasteiger partial charge < -0.3 is 0 Å². The van der Waals surface area contributed by atoms with Gasteiger partial charge in [-0.3, -0.25) is 19.5 Å². The van der Waals surface area contributed by atoms with Crippen molar-refractivity contribution in [3.63, 3.8) is 0 Å². The Morgan fingerprint density at radius 2 is 1.80 bits per heavy atom. The molecule has 0 spiro atoms. The van der Waals surface area contributed by atoms with Crippen LogP contribution in [0.3, 0.4) is 0 Å². The van der Waals surface area contributed by atoms with Crippen molar-refractivity contribution in [1.82, 2.24) is 5.32 Å². The lowest BCUT2D eigenvalue weighted by Crippen LogP contribution is -2.20. The summed E-state index contributed by atoms with van der Waals surface area (Å²) in [4.78, 5) is 21.8. The van der Waals surface area contributed by atoms with Gasteiger partial charge in [-0.1, -0.05) is 6.07 Å². The summed E-state index contributed by atoms with van der Waals surface area (Å²) < 4.78 is 30.7. The molecule has 0 atom stereocenters. The van der Waals surface area contributed by atoms with Crippen molar-refractivity contribution in [3.8, 4) is 0 Å². The first-order valence-corrected chi connectivity index (χ1v) is 5.31. The first-order valence-electron chi connectivity index (χ1n) is 3.87. The number of carbonyl (C=O) groups is 2. The molecule has 78 valence electrons. The molecule has 0 bridgehead atoms. The third kappa shape index (κ3) is 1.41. The van der Waals surface area contributed by atoms with E-state index in [0.29, 0.717) is 0 Å². The molecule has 2 amide bonds. The molecule has 2 rings (SSSR count). The van der Waals surface area contributed by atoms with Crippen LogP contribution in [-0.4, -0.2) is 24.8 Å². The summed E-state index contributed by atoms with van der Waals surface area (Å²) in [6.45, 7) is 0. The molecule has 0 aliphatic carbocycles. The van der Waals surface area contributed by atoms with Crippen LogP contribution in [0.4, 0.5) is 0 Å². The minimum atomic E-state index is -4.50. The molecule has 0 saturated carbocycles. The molecule has 1 aliphatic rings. The first kappa shape index (κ1) is 9.81. The normalized spacial score (nSPS) is 15.0. The molecule has 7 heteroatoms. The summed E-state index contributed by atoms with van der Waals surface area (Å²) in [5.41, 5.74) is -0.347. The second-order valence-electron chi connectivity index (χ2n) is 2.94. The molecule has 0 unspecified atom stereocenters. The van der Waals surface area contributed by atoms with Crippen molar-refractivity contribution in [2.75, 3.05) is 0 Å². The molecule has 0 aromatic heterocycles. The highest BCUT2D eigenvalue weighted by atomic mass is 32.2. The van der Waals surface area contributed by atoms with Crippen molar-refractivity contribution >= 4 is 21.9 Å². The zero-order valence-electron chi connectivity index (χ0n) is 7.22. The molecule has 1 aromatic carbocycles. The Balaban J connectivity index is 2.83. The highest BCUT2D eigenvalue weighted by molar-refractivity contribution is 7.86. The minimum absolute atomic E-state index is 0.0462. The van der Waals surface area contributed by atoms with Crippen LogP contribution in [-0.2, 0) is 10.1 Å². The maximum absolute atomic E-state index is 11.2. The molecule has 15 heavy (non-hydrogen) atoms. The Hall–Kier alpha value is -1.73. The minimum Gasteiger partial charge on any atom is -0.288 e. The number of hydrogen-bond donors (Lipinski definition) is 2. The SMILES string of the molecule is O=C1NC(=O)c2c1cccc2S(=O)(=O)O. The van der Waals surface area contributed by atoms with Crippen LogP contribution in [0.15, 0.2) is 23.1 Å². The van der Waals surface area contributed by atoms with Crippen LogP contribution in [0, 0.1) is 0 Å². The highest BCUT2D eigenvalue weighted by Crippen LogP contribution is 2.23. The van der Waals surface area contributed by atoms with Crippen LogP contribution in [0.2, 0.25) is 0 Å². The smallest absolute Gasteiger partial charge is 0.288 e. The number of rotatable bonds is 1. The number of carbonyl (C=O) groups excluding carboxylic acids is 2. The number of fused-ring (bicyclic) bond motifs is 1. The van der Waals surface area contributed by atoms with E-state index in [1.807, 2.05) is 5.32 Å². The molecule has 0 fully saturated rings. The van der Waals surface area contributed by atoms with E-state index in [1.54, 1.807) is 0 Å². The number of benzene rings is 1. The van der Waals surface area contributed by atoms with E-state index in [1.165, 1.54) is 12.1 Å². The summed E-state index contributed by atoms with van der Waals surface area (Å²) in [6.07, 6.45) is 0. The van der Waals surface area contributed by atoms with Crippen molar-refractivity contribution < 1.29 is 22.6 Å². The van der Waals surface area contributed by atoms with Gasteiger partial charge in [-0.05, 0) is 12.1 Å². The Morgan fingerprint density at radius 1 is 1.13 bits per heavy atom. The fourth-order valence-electron chi connectivity index (χ4n) is 1.40. The predicted molar refractivity (Wildman–Crippen MR) is 48.1 cm³/mol. The zero-order chi connectivity index (χ0) is 11.2. The average Bonchev–Trinajstić information content (AvgIpc) is 2.41. The summed E-state index contributed by atoms with van der Waals surface area (Å²) in [5.74, 6) is -1.48. The van der Waals surface area contributed by atoms with E-state index in [4.69, 9.17) is 4.55 Å². The predicted octanol–water partition coefficient (Wildman–Crippen LogP) is -0.183. The van der Waals surface area contributed by atoms with Gasteiger partial charge in [-0.25, -0.2) is 0 Å². The van der Waals surface area contributed by atoms with E-state index in [-0.39, 0.29) is 11.1 Å². The fraction of sp³-hybridized carbons (Fsp3) is 0. The largest absolute Gasteiger partial charge is 0.295 e. The zero-order valence-corrected chi connectivity index (χ0v) is 8.04. The van der Waals surface area contributed by atoms with Crippen LogP contribution >= 0.6 is 0 Å². The van der Waals surface area contributed by atoms with Gasteiger partial charge in [0.25, 0.3) is 21.9 Å². The topological polar surface area (TPSA) is 101 Å². The van der Waals surface area contributed by atoms with Crippen LogP contribution in [0.1, 0.15) is 20.7 Å². The van der Waals surface area contributed by atoms with Gasteiger partial charge in [0.05, 0.1) is 11.1 Å². The lowest BCUT2D eigenvalue weighted by atomic mass is 10.1. The van der Waals surface area contributed by atoms with Gasteiger partial charge in [0.15, 0.2) is 0 Å². The monoisotopic (exact) mass is 227 g/mol. The molecule has 1 aromatic rings. The maximum Gasteiger partial charge on any atom is 0.295 e. The molecular formula is C8H5NO5S. The van der Waals surface area contributed by atoms with E-state index in [0.717, 1.165) is 6.07 Å². The number of imide groups is 1. The van der Waals surface area contributed by atoms with Crippen LogP contribution in [0.5, 0.6) is 0 Å². The molecular weight excluding hydrogens is 222 g/mol. The Bertz CT molecular complexity index is 575. The third-order valence-electron chi connectivity index (χ3n) is 2.00. The number of hydrogen-bond acceptors (Lipinski definition) is 4. The summed E-state index contributed by atoms with van der Waals surface area (Å²) in [5, 5.41) is 1.94. The Kier molecular flexibility index (Phi) is 1.88. The van der Waals surface area contributed by atoms with Gasteiger partial charge in [0.2, 0.25) is 0 Å². The van der Waals surface area contributed by atoms with Crippen molar-refractivity contribution in [3.05, 3.63) is 29.3 Å². The average molecular weight is 227 g/mol. The van der Waals surface area contributed by atoms with Gasteiger partial charge in [0, 0.05) is 0 Å². The second-order valence-corrected chi connectivity index (χ2v) is 4.33. The van der Waals surface area contributed by atoms with Crippen molar-refractivity contribution in [2.45, 2.75) is 4.90 Å². The summed E-state index contributed by atoms with van der Waals surface area (Å²) in [6, 6.07) is 3.65. The first-order chi connectivity index (χ1) is 6.91. The standard InChI is InChI=1S/C8H5NO5S/c10-7-4-2-1-3-5(15(12,13)14)6(4)8(11)9-7/h1-3H,(H,9,10,11)(H,12,13,14). The van der Waals surface area contributed by atoms with Crippen LogP contribution < -0.4 is 5.32 Å². The van der Waals surface area contributed by atoms with Crippen LogP contribution in [0.25, 0.3) is 0 Å². The molecule has 1 heterocycles. The van der Waals surface area contributed by atoms with E-state index < -0.39 is 26.8 Å². The number of nitrogens with one attached hydrogen (secondary N) is 1. The summed E-state index contributed by atoms with van der Waals surface area (Å²) in [7, 11) is -4.50. The third-order valence-corrected chi connectivity index (χ3v) is 2.90. The van der Waals surface area contributed by atoms with Gasteiger partial charge in [-0.2, -0.15) is 8.42 Å². The Labute approximate surface area is 84.7 Å². The number of amides is 2. The molecule has 2 N–H and O–H groups in total. The summed E-state index contributed by atoms with van der Waals surface area (Å²) >= 11 is 0. The van der Waals surface area contributed by atoms with Gasteiger partial charge in [-0.15, -0.1) is 0 Å². The van der Waals surface area contributed by atoms with E-state index in [2.05, 4.69) is 0 Å². The maximum atomic E-state index is 11.2. The fourth-order valence-corrected chi connectivity index (χ4v) is 2.11. The quantitative estimate of drug-likeness (QED) is 0.512. The molecule has 6 nitrogen and oxygen atoms in total. The van der Waals surface area contributed by atoms with Crippen molar-refractivity contribution in [1.29, 1.82) is 0 Å².